The van der Waals surface area contributed by atoms with Crippen LogP contribution in [0.4, 0.5) is 0 Å². The maximum atomic E-state index is 13.1. The molecule has 0 aromatic carbocycles. The fourth-order valence-electron chi connectivity index (χ4n) is 5.83. The molecule has 3 aliphatic rings. The summed E-state index contributed by atoms with van der Waals surface area (Å²) in [4.78, 5) is 13.1. The molecule has 0 radical (unpaired) electrons. The quantitative estimate of drug-likeness (QED) is 0.454. The van der Waals surface area contributed by atoms with Crippen LogP contribution < -0.4 is 0 Å². The molecule has 27 heavy (non-hydrogen) atoms. The third kappa shape index (κ3) is 2.45. The first-order valence-corrected chi connectivity index (χ1v) is 9.41. The van der Waals surface area contributed by atoms with Gasteiger partial charge in [0, 0.05) is 5.56 Å². The summed E-state index contributed by atoms with van der Waals surface area (Å²) in [5.74, 6) is -1.10. The molecule has 7 heteroatoms. The van der Waals surface area contributed by atoms with E-state index in [1.807, 2.05) is 6.92 Å². The normalized spacial score (nSPS) is 42.1. The van der Waals surface area contributed by atoms with Crippen molar-refractivity contribution in [3.8, 4) is 0 Å². The monoisotopic (exact) mass is 378 g/mol. The number of carbonyl (C=O) groups excluding carboxylic acids is 1. The lowest BCUT2D eigenvalue weighted by Gasteiger charge is -2.63. The van der Waals surface area contributed by atoms with E-state index in [1.54, 1.807) is 12.1 Å². The maximum absolute atomic E-state index is 13.1. The van der Waals surface area contributed by atoms with Crippen LogP contribution in [0.15, 0.2) is 34.7 Å². The highest BCUT2D eigenvalue weighted by Crippen LogP contribution is 2.65. The summed E-state index contributed by atoms with van der Waals surface area (Å²) in [6, 6.07) is 1.65. The summed E-state index contributed by atoms with van der Waals surface area (Å²) in [7, 11) is 0. The average Bonchev–Trinajstić information content (AvgIpc) is 3.17. The van der Waals surface area contributed by atoms with E-state index in [-0.39, 0.29) is 32.0 Å². The first kappa shape index (κ1) is 18.7. The van der Waals surface area contributed by atoms with Crippen LogP contribution in [0.3, 0.4) is 0 Å². The van der Waals surface area contributed by atoms with Crippen molar-refractivity contribution >= 4 is 5.97 Å². The van der Waals surface area contributed by atoms with Crippen molar-refractivity contribution in [3.63, 3.8) is 0 Å². The Bertz CT molecular complexity index is 742. The SMILES string of the molecule is CC1CC(O)C23COC(=O)C1(CC(O)c1ccoc1)C2CC(O)C=C3CO. The smallest absolute Gasteiger partial charge is 0.312 e. The average molecular weight is 378 g/mol. The number of ether oxygens (including phenoxy) is 1. The van der Waals surface area contributed by atoms with Crippen molar-refractivity contribution in [3.05, 3.63) is 35.8 Å². The van der Waals surface area contributed by atoms with E-state index >= 15 is 0 Å². The number of carbonyl (C=O) groups is 1. The molecule has 7 atom stereocenters. The molecule has 1 saturated carbocycles. The van der Waals surface area contributed by atoms with Gasteiger partial charge >= 0.3 is 5.97 Å². The highest BCUT2D eigenvalue weighted by molar-refractivity contribution is 5.80. The predicted octanol–water partition coefficient (Wildman–Crippen LogP) is 0.933. The van der Waals surface area contributed by atoms with Gasteiger partial charge in [0.05, 0.1) is 48.3 Å². The lowest BCUT2D eigenvalue weighted by Crippen LogP contribution is -2.68. The molecule has 0 amide bonds. The van der Waals surface area contributed by atoms with Crippen molar-refractivity contribution in [2.75, 3.05) is 13.2 Å². The third-order valence-corrected chi connectivity index (χ3v) is 7.21. The second kappa shape index (κ2) is 6.44. The van der Waals surface area contributed by atoms with E-state index in [0.717, 1.165) is 0 Å². The summed E-state index contributed by atoms with van der Waals surface area (Å²) in [5, 5.41) is 42.1. The summed E-state index contributed by atoms with van der Waals surface area (Å²) < 4.78 is 10.6. The molecule has 4 rings (SSSR count). The first-order chi connectivity index (χ1) is 12.9. The molecule has 2 fully saturated rings. The van der Waals surface area contributed by atoms with Crippen molar-refractivity contribution in [2.45, 2.75) is 44.5 Å². The molecule has 7 nitrogen and oxygen atoms in total. The highest BCUT2D eigenvalue weighted by atomic mass is 16.5. The van der Waals surface area contributed by atoms with Gasteiger partial charge in [-0.25, -0.2) is 0 Å². The summed E-state index contributed by atoms with van der Waals surface area (Å²) in [6.07, 6.45) is 2.67. The number of hydrogen-bond donors (Lipinski definition) is 4. The molecule has 2 bridgehead atoms. The molecule has 1 aliphatic heterocycles. The lowest BCUT2D eigenvalue weighted by molar-refractivity contribution is -0.235. The third-order valence-electron chi connectivity index (χ3n) is 7.21. The van der Waals surface area contributed by atoms with Crippen LogP contribution in [0.2, 0.25) is 0 Å². The first-order valence-electron chi connectivity index (χ1n) is 9.41. The molecule has 4 N–H and O–H groups in total. The highest BCUT2D eigenvalue weighted by Gasteiger charge is 2.69. The second-order valence-electron chi connectivity index (χ2n) is 8.29. The van der Waals surface area contributed by atoms with Crippen LogP contribution >= 0.6 is 0 Å². The number of aliphatic hydroxyl groups is 4. The van der Waals surface area contributed by atoms with Crippen molar-refractivity contribution in [1.29, 1.82) is 0 Å². The minimum absolute atomic E-state index is 0.0208. The van der Waals surface area contributed by atoms with E-state index in [9.17, 15) is 25.2 Å². The number of furan rings is 1. The molecule has 1 aromatic rings. The summed E-state index contributed by atoms with van der Waals surface area (Å²) >= 11 is 0. The zero-order valence-electron chi connectivity index (χ0n) is 15.2. The van der Waals surface area contributed by atoms with Crippen LogP contribution in [0, 0.1) is 22.7 Å². The van der Waals surface area contributed by atoms with Gasteiger partial charge in [-0.3, -0.25) is 4.79 Å². The van der Waals surface area contributed by atoms with Gasteiger partial charge in [-0.2, -0.15) is 0 Å². The maximum Gasteiger partial charge on any atom is 0.312 e. The zero-order chi connectivity index (χ0) is 19.4. The minimum Gasteiger partial charge on any atom is -0.472 e. The van der Waals surface area contributed by atoms with Gasteiger partial charge in [-0.05, 0) is 42.7 Å². The molecule has 148 valence electrons. The lowest BCUT2D eigenvalue weighted by atomic mass is 9.43. The zero-order valence-corrected chi connectivity index (χ0v) is 15.2. The number of cyclic esters (lactones) is 1. The molecule has 1 saturated heterocycles. The number of hydrogen-bond acceptors (Lipinski definition) is 7. The Morgan fingerprint density at radius 2 is 2.11 bits per heavy atom. The summed E-state index contributed by atoms with van der Waals surface area (Å²) in [5.41, 5.74) is -0.907. The molecule has 2 aliphatic carbocycles. The van der Waals surface area contributed by atoms with Gasteiger partial charge in [-0.1, -0.05) is 13.0 Å². The van der Waals surface area contributed by atoms with Crippen molar-refractivity contribution < 1.29 is 34.4 Å². The molecular formula is C20H26O7. The van der Waals surface area contributed by atoms with Gasteiger partial charge in [0.25, 0.3) is 0 Å². The number of esters is 1. The van der Waals surface area contributed by atoms with Crippen LogP contribution in [0.1, 0.15) is 37.9 Å². The van der Waals surface area contributed by atoms with E-state index in [2.05, 4.69) is 0 Å². The van der Waals surface area contributed by atoms with E-state index in [1.165, 1.54) is 12.5 Å². The predicted molar refractivity (Wildman–Crippen MR) is 93.2 cm³/mol. The Morgan fingerprint density at radius 1 is 1.33 bits per heavy atom. The van der Waals surface area contributed by atoms with Crippen LogP contribution in [-0.2, 0) is 9.53 Å². The molecule has 1 aromatic heterocycles. The Labute approximate surface area is 157 Å². The number of aliphatic hydroxyl groups excluding tert-OH is 4. The second-order valence-corrected chi connectivity index (χ2v) is 8.29. The van der Waals surface area contributed by atoms with E-state index < -0.39 is 41.0 Å². The van der Waals surface area contributed by atoms with Crippen molar-refractivity contribution in [2.24, 2.45) is 22.7 Å². The standard InChI is InChI=1S/C20H26O7/c1-11-4-17(24)20-10-27-18(25)19(11,7-15(23)12-2-3-26-9-12)16(20)6-14(22)5-13(20)8-21/h2-3,5,9,11,14-17,21-24H,4,6-8,10H2,1H3. The molecule has 0 spiro atoms. The van der Waals surface area contributed by atoms with Gasteiger partial charge < -0.3 is 29.6 Å². The Morgan fingerprint density at radius 3 is 2.78 bits per heavy atom. The molecular weight excluding hydrogens is 352 g/mol. The van der Waals surface area contributed by atoms with Crippen molar-refractivity contribution in [1.82, 2.24) is 0 Å². The van der Waals surface area contributed by atoms with Gasteiger partial charge in [0.2, 0.25) is 0 Å². The fourth-order valence-corrected chi connectivity index (χ4v) is 5.83. The Hall–Kier alpha value is -1.67. The van der Waals surface area contributed by atoms with Gasteiger partial charge in [0.15, 0.2) is 0 Å². The van der Waals surface area contributed by atoms with E-state index in [4.69, 9.17) is 9.15 Å². The Balaban J connectivity index is 1.83. The Kier molecular flexibility index (Phi) is 4.46. The number of rotatable bonds is 4. The topological polar surface area (TPSA) is 120 Å². The molecule has 7 unspecified atom stereocenters. The fraction of sp³-hybridized carbons (Fsp3) is 0.650. The van der Waals surface area contributed by atoms with Crippen LogP contribution in [0.25, 0.3) is 0 Å². The van der Waals surface area contributed by atoms with Crippen LogP contribution in [0.5, 0.6) is 0 Å². The minimum atomic E-state index is -1.07. The van der Waals surface area contributed by atoms with Crippen LogP contribution in [-0.4, -0.2) is 51.8 Å². The molecule has 2 heterocycles. The van der Waals surface area contributed by atoms with Gasteiger partial charge in [-0.15, -0.1) is 0 Å². The van der Waals surface area contributed by atoms with Gasteiger partial charge in [0.1, 0.15) is 6.61 Å². The summed E-state index contributed by atoms with van der Waals surface area (Å²) in [6.45, 7) is 1.54. The van der Waals surface area contributed by atoms with E-state index in [0.29, 0.717) is 17.6 Å². The largest absolute Gasteiger partial charge is 0.472 e.